The molecular weight excluding hydrogens is 334 g/mol. The van der Waals surface area contributed by atoms with E-state index in [1.165, 1.54) is 33.5 Å². The fraction of sp³-hybridized carbons (Fsp3) is 0.200. The van der Waals surface area contributed by atoms with E-state index in [1.54, 1.807) is 24.3 Å². The molecule has 6 heteroatoms. The third-order valence-corrected chi connectivity index (χ3v) is 3.65. The van der Waals surface area contributed by atoms with Crippen LogP contribution in [0.4, 0.5) is 0 Å². The number of allylic oxidation sites excluding steroid dienone is 1. The van der Waals surface area contributed by atoms with Gasteiger partial charge in [0.25, 0.3) is 0 Å². The van der Waals surface area contributed by atoms with E-state index in [4.69, 9.17) is 24.2 Å². The van der Waals surface area contributed by atoms with Crippen LogP contribution in [0, 0.1) is 11.3 Å². The maximum absolute atomic E-state index is 12.6. The molecule has 0 fully saturated rings. The van der Waals surface area contributed by atoms with E-state index in [2.05, 4.69) is 6.58 Å². The number of carbonyl (C=O) groups excluding carboxylic acids is 1. The number of methoxy groups -OCH3 is 3. The standard InChI is InChI=1S/C20H19NO5/c1-5-6-14-10-15(11-18(24-3)19(14)25-4)20(22)26-16-8-7-13(12-21)9-17(16)23-2/h5,7-11H,1,6H2,2-4H3. The van der Waals surface area contributed by atoms with Crippen molar-refractivity contribution in [2.45, 2.75) is 6.42 Å². The molecule has 0 atom stereocenters. The monoisotopic (exact) mass is 353 g/mol. The van der Waals surface area contributed by atoms with Gasteiger partial charge in [-0.1, -0.05) is 6.08 Å². The molecule has 0 aromatic heterocycles. The summed E-state index contributed by atoms with van der Waals surface area (Å²) in [6.07, 6.45) is 2.21. The molecule has 0 aliphatic heterocycles. The van der Waals surface area contributed by atoms with E-state index >= 15 is 0 Å². The number of nitriles is 1. The van der Waals surface area contributed by atoms with E-state index in [-0.39, 0.29) is 5.75 Å². The molecule has 0 saturated carbocycles. The van der Waals surface area contributed by atoms with Crippen LogP contribution in [0.3, 0.4) is 0 Å². The zero-order chi connectivity index (χ0) is 19.1. The number of ether oxygens (including phenoxy) is 4. The Morgan fingerprint density at radius 2 is 1.81 bits per heavy atom. The average molecular weight is 353 g/mol. The van der Waals surface area contributed by atoms with Crippen molar-refractivity contribution in [3.05, 3.63) is 59.7 Å². The Labute approximate surface area is 152 Å². The van der Waals surface area contributed by atoms with Crippen LogP contribution in [-0.2, 0) is 6.42 Å². The van der Waals surface area contributed by atoms with Gasteiger partial charge in [0.2, 0.25) is 0 Å². The van der Waals surface area contributed by atoms with Gasteiger partial charge >= 0.3 is 5.97 Å². The molecule has 2 aromatic rings. The van der Waals surface area contributed by atoms with Crippen molar-refractivity contribution in [1.29, 1.82) is 5.26 Å². The molecule has 0 N–H and O–H groups in total. The molecule has 0 heterocycles. The lowest BCUT2D eigenvalue weighted by Gasteiger charge is -2.14. The van der Waals surface area contributed by atoms with Crippen molar-refractivity contribution in [2.75, 3.05) is 21.3 Å². The number of esters is 1. The highest BCUT2D eigenvalue weighted by Gasteiger charge is 2.18. The summed E-state index contributed by atoms with van der Waals surface area (Å²) in [5.41, 5.74) is 1.45. The van der Waals surface area contributed by atoms with Gasteiger partial charge < -0.3 is 18.9 Å². The van der Waals surface area contributed by atoms with E-state index in [1.807, 2.05) is 6.07 Å². The lowest BCUT2D eigenvalue weighted by Crippen LogP contribution is -2.11. The molecule has 0 radical (unpaired) electrons. The summed E-state index contributed by atoms with van der Waals surface area (Å²) in [4.78, 5) is 12.6. The van der Waals surface area contributed by atoms with Crippen LogP contribution in [0.1, 0.15) is 21.5 Å². The topological polar surface area (TPSA) is 77.8 Å². The van der Waals surface area contributed by atoms with E-state index in [9.17, 15) is 4.79 Å². The average Bonchev–Trinajstić information content (AvgIpc) is 2.67. The first-order valence-corrected chi connectivity index (χ1v) is 7.74. The van der Waals surface area contributed by atoms with Crippen LogP contribution in [0.5, 0.6) is 23.0 Å². The highest BCUT2D eigenvalue weighted by Crippen LogP contribution is 2.34. The maximum atomic E-state index is 12.6. The minimum absolute atomic E-state index is 0.219. The summed E-state index contributed by atoms with van der Waals surface area (Å²) < 4.78 is 21.3. The van der Waals surface area contributed by atoms with Gasteiger partial charge in [0.15, 0.2) is 23.0 Å². The van der Waals surface area contributed by atoms with Crippen molar-refractivity contribution in [3.63, 3.8) is 0 Å². The molecule has 0 spiro atoms. The van der Waals surface area contributed by atoms with Crippen molar-refractivity contribution in [1.82, 2.24) is 0 Å². The number of benzene rings is 2. The summed E-state index contributed by atoms with van der Waals surface area (Å²) in [5, 5.41) is 8.95. The number of nitrogens with zero attached hydrogens (tertiary/aromatic N) is 1. The van der Waals surface area contributed by atoms with Gasteiger partial charge in [0, 0.05) is 11.6 Å². The zero-order valence-corrected chi connectivity index (χ0v) is 14.9. The Kier molecular flexibility index (Phi) is 6.23. The molecule has 2 aromatic carbocycles. The molecule has 6 nitrogen and oxygen atoms in total. The van der Waals surface area contributed by atoms with Crippen LogP contribution in [0.2, 0.25) is 0 Å². The van der Waals surface area contributed by atoms with Gasteiger partial charge in [-0.3, -0.25) is 0 Å². The summed E-state index contributed by atoms with van der Waals surface area (Å²) in [6, 6.07) is 9.78. The predicted octanol–water partition coefficient (Wildman–Crippen LogP) is 3.53. The van der Waals surface area contributed by atoms with Gasteiger partial charge in [-0.25, -0.2) is 4.79 Å². The molecular formula is C20H19NO5. The van der Waals surface area contributed by atoms with Crippen molar-refractivity contribution >= 4 is 5.97 Å². The Morgan fingerprint density at radius 1 is 1.08 bits per heavy atom. The zero-order valence-electron chi connectivity index (χ0n) is 14.9. The normalized spacial score (nSPS) is 9.77. The largest absolute Gasteiger partial charge is 0.493 e. The molecule has 0 saturated heterocycles. The number of hydrogen-bond donors (Lipinski definition) is 0. The number of carbonyl (C=O) groups is 1. The van der Waals surface area contributed by atoms with Crippen LogP contribution < -0.4 is 18.9 Å². The maximum Gasteiger partial charge on any atom is 0.343 e. The second-order valence-electron chi connectivity index (χ2n) is 5.23. The molecule has 0 bridgehead atoms. The second kappa shape index (κ2) is 8.58. The number of rotatable bonds is 7. The van der Waals surface area contributed by atoms with Crippen LogP contribution >= 0.6 is 0 Å². The minimum Gasteiger partial charge on any atom is -0.493 e. The molecule has 0 aliphatic rings. The van der Waals surface area contributed by atoms with Gasteiger partial charge in [0.1, 0.15) is 0 Å². The molecule has 2 rings (SSSR count). The lowest BCUT2D eigenvalue weighted by molar-refractivity contribution is 0.0729. The van der Waals surface area contributed by atoms with E-state index in [0.717, 1.165) is 5.56 Å². The number of hydrogen-bond acceptors (Lipinski definition) is 6. The predicted molar refractivity (Wildman–Crippen MR) is 96.1 cm³/mol. The first-order chi connectivity index (χ1) is 12.6. The van der Waals surface area contributed by atoms with Crippen LogP contribution in [0.25, 0.3) is 0 Å². The third-order valence-electron chi connectivity index (χ3n) is 3.65. The van der Waals surface area contributed by atoms with Gasteiger partial charge in [-0.2, -0.15) is 5.26 Å². The lowest BCUT2D eigenvalue weighted by atomic mass is 10.1. The quantitative estimate of drug-likeness (QED) is 0.430. The summed E-state index contributed by atoms with van der Waals surface area (Å²) >= 11 is 0. The van der Waals surface area contributed by atoms with Crippen LogP contribution in [-0.4, -0.2) is 27.3 Å². The fourth-order valence-electron chi connectivity index (χ4n) is 2.45. The van der Waals surface area contributed by atoms with Crippen molar-refractivity contribution < 1.29 is 23.7 Å². The smallest absolute Gasteiger partial charge is 0.343 e. The Hall–Kier alpha value is -3.46. The Bertz CT molecular complexity index is 867. The SMILES string of the molecule is C=CCc1cc(C(=O)Oc2ccc(C#N)cc2OC)cc(OC)c1OC. The Balaban J connectivity index is 2.40. The summed E-state index contributed by atoms with van der Waals surface area (Å²) in [6.45, 7) is 3.71. The Morgan fingerprint density at radius 3 is 2.38 bits per heavy atom. The highest BCUT2D eigenvalue weighted by atomic mass is 16.6. The first-order valence-electron chi connectivity index (χ1n) is 7.74. The molecule has 0 aliphatic carbocycles. The molecule has 0 unspecified atom stereocenters. The van der Waals surface area contributed by atoms with E-state index in [0.29, 0.717) is 34.8 Å². The van der Waals surface area contributed by atoms with Gasteiger partial charge in [-0.05, 0) is 30.7 Å². The highest BCUT2D eigenvalue weighted by molar-refractivity contribution is 5.92. The summed E-state index contributed by atoms with van der Waals surface area (Å²) in [5.74, 6) is 0.894. The van der Waals surface area contributed by atoms with Crippen LogP contribution in [0.15, 0.2) is 43.0 Å². The summed E-state index contributed by atoms with van der Waals surface area (Å²) in [7, 11) is 4.46. The van der Waals surface area contributed by atoms with Crippen molar-refractivity contribution in [2.24, 2.45) is 0 Å². The molecule has 26 heavy (non-hydrogen) atoms. The van der Waals surface area contributed by atoms with Gasteiger partial charge in [-0.15, -0.1) is 6.58 Å². The fourth-order valence-corrected chi connectivity index (χ4v) is 2.45. The van der Waals surface area contributed by atoms with Gasteiger partial charge in [0.05, 0.1) is 38.5 Å². The molecule has 0 amide bonds. The minimum atomic E-state index is -0.584. The second-order valence-corrected chi connectivity index (χ2v) is 5.23. The third kappa shape index (κ3) is 3.95. The van der Waals surface area contributed by atoms with E-state index < -0.39 is 5.97 Å². The first kappa shape index (κ1) is 18.9. The molecule has 134 valence electrons. The van der Waals surface area contributed by atoms with Crippen molar-refractivity contribution in [3.8, 4) is 29.1 Å².